The number of carbonyl (C=O) groups is 1. The molecule has 2 heterocycles. The fourth-order valence-electron chi connectivity index (χ4n) is 4.50. The Morgan fingerprint density at radius 2 is 1.96 bits per heavy atom. The van der Waals surface area contributed by atoms with Gasteiger partial charge in [-0.05, 0) is 44.2 Å². The largest absolute Gasteiger partial charge is 0.375 e. The zero-order valence-corrected chi connectivity index (χ0v) is 15.2. The van der Waals surface area contributed by atoms with Crippen molar-refractivity contribution in [3.8, 4) is 0 Å². The highest BCUT2D eigenvalue weighted by Gasteiger charge is 2.45. The summed E-state index contributed by atoms with van der Waals surface area (Å²) in [4.78, 5) is 17.1. The smallest absolute Gasteiger partial charge is 0.225 e. The Morgan fingerprint density at radius 3 is 2.76 bits per heavy atom. The van der Waals surface area contributed by atoms with Gasteiger partial charge in [-0.15, -0.1) is 0 Å². The van der Waals surface area contributed by atoms with Gasteiger partial charge in [-0.3, -0.25) is 4.79 Å². The zero-order valence-electron chi connectivity index (χ0n) is 15.2. The Bertz CT molecular complexity index is 587. The van der Waals surface area contributed by atoms with Crippen LogP contribution in [0.5, 0.6) is 0 Å². The van der Waals surface area contributed by atoms with Crippen LogP contribution in [-0.2, 0) is 16.1 Å². The van der Waals surface area contributed by atoms with Crippen molar-refractivity contribution < 1.29 is 9.53 Å². The number of hydrogen-bond acceptors (Lipinski definition) is 3. The molecule has 1 aromatic rings. The Hall–Kier alpha value is -1.39. The third-order valence-electron chi connectivity index (χ3n) is 6.08. The van der Waals surface area contributed by atoms with E-state index in [4.69, 9.17) is 4.74 Å². The molecule has 0 N–H and O–H groups in total. The van der Waals surface area contributed by atoms with Crippen LogP contribution in [0, 0.1) is 11.3 Å². The average Bonchev–Trinajstić information content (AvgIpc) is 3.42. The van der Waals surface area contributed by atoms with Crippen molar-refractivity contribution in [2.75, 3.05) is 39.3 Å². The minimum absolute atomic E-state index is 0.349. The van der Waals surface area contributed by atoms with Crippen LogP contribution < -0.4 is 0 Å². The van der Waals surface area contributed by atoms with Gasteiger partial charge in [-0.25, -0.2) is 0 Å². The predicted molar refractivity (Wildman–Crippen MR) is 98.1 cm³/mol. The number of amides is 1. The summed E-state index contributed by atoms with van der Waals surface area (Å²) in [5.41, 5.74) is 1.59. The molecule has 3 aliphatic rings. The molecule has 2 saturated heterocycles. The zero-order chi connectivity index (χ0) is 17.1. The summed E-state index contributed by atoms with van der Waals surface area (Å²) in [6.45, 7) is 6.77. The standard InChI is InChI=1S/C21H30N2O2/c24-20(19-7-8-19)23-12-10-21(17-23)9-4-11-22(16-21)13-14-25-15-18-5-2-1-3-6-18/h1-3,5-6,19H,4,7-17H2/t21-/m0/s1. The van der Waals surface area contributed by atoms with Gasteiger partial charge in [0.05, 0.1) is 13.2 Å². The first kappa shape index (κ1) is 17.0. The minimum Gasteiger partial charge on any atom is -0.375 e. The summed E-state index contributed by atoms with van der Waals surface area (Å²) >= 11 is 0. The maximum absolute atomic E-state index is 12.4. The molecule has 3 fully saturated rings. The summed E-state index contributed by atoms with van der Waals surface area (Å²) < 4.78 is 5.87. The van der Waals surface area contributed by atoms with Crippen LogP contribution in [0.15, 0.2) is 30.3 Å². The second-order valence-corrected chi connectivity index (χ2v) is 8.20. The SMILES string of the molecule is O=C(C1CC1)N1CC[C@]2(CCCN(CCOCc3ccccc3)C2)C1. The number of carbonyl (C=O) groups excluding carboxylic acids is 1. The van der Waals surface area contributed by atoms with E-state index in [-0.39, 0.29) is 0 Å². The summed E-state index contributed by atoms with van der Waals surface area (Å²) in [5.74, 6) is 0.793. The van der Waals surface area contributed by atoms with Crippen molar-refractivity contribution in [3.63, 3.8) is 0 Å². The van der Waals surface area contributed by atoms with Crippen LogP contribution in [-0.4, -0.2) is 55.0 Å². The second-order valence-electron chi connectivity index (χ2n) is 8.20. The van der Waals surface area contributed by atoms with E-state index < -0.39 is 0 Å². The summed E-state index contributed by atoms with van der Waals surface area (Å²) in [7, 11) is 0. The Morgan fingerprint density at radius 1 is 1.12 bits per heavy atom. The van der Waals surface area contributed by atoms with E-state index in [9.17, 15) is 4.79 Å². The number of ether oxygens (including phenoxy) is 1. The first-order valence-corrected chi connectivity index (χ1v) is 9.87. The molecule has 0 unspecified atom stereocenters. The number of benzene rings is 1. The van der Waals surface area contributed by atoms with Gasteiger partial charge in [0.1, 0.15) is 0 Å². The molecule has 1 saturated carbocycles. The lowest BCUT2D eigenvalue weighted by molar-refractivity contribution is -0.132. The highest BCUT2D eigenvalue weighted by Crippen LogP contribution is 2.41. The van der Waals surface area contributed by atoms with E-state index >= 15 is 0 Å². The third kappa shape index (κ3) is 4.24. The molecule has 1 amide bonds. The number of rotatable bonds is 6. The lowest BCUT2D eigenvalue weighted by atomic mass is 9.79. The minimum atomic E-state index is 0.349. The molecule has 2 aliphatic heterocycles. The molecule has 4 rings (SSSR count). The number of hydrogen-bond donors (Lipinski definition) is 0. The average molecular weight is 342 g/mol. The van der Waals surface area contributed by atoms with Crippen LogP contribution in [0.25, 0.3) is 0 Å². The fourth-order valence-corrected chi connectivity index (χ4v) is 4.50. The third-order valence-corrected chi connectivity index (χ3v) is 6.08. The molecule has 0 radical (unpaired) electrons. The first-order valence-electron chi connectivity index (χ1n) is 9.87. The molecule has 136 valence electrons. The molecule has 4 nitrogen and oxygen atoms in total. The van der Waals surface area contributed by atoms with Gasteiger partial charge >= 0.3 is 0 Å². The first-order chi connectivity index (χ1) is 12.2. The van der Waals surface area contributed by atoms with Crippen LogP contribution in [0.1, 0.15) is 37.7 Å². The monoisotopic (exact) mass is 342 g/mol. The van der Waals surface area contributed by atoms with Gasteiger partial charge in [0.15, 0.2) is 0 Å². The highest BCUT2D eigenvalue weighted by molar-refractivity contribution is 5.81. The summed E-state index contributed by atoms with van der Waals surface area (Å²) in [6, 6.07) is 10.4. The van der Waals surface area contributed by atoms with E-state index in [2.05, 4.69) is 34.1 Å². The van der Waals surface area contributed by atoms with Gasteiger partial charge in [-0.2, -0.15) is 0 Å². The Balaban J connectivity index is 1.22. The van der Waals surface area contributed by atoms with E-state index in [0.717, 1.165) is 45.6 Å². The van der Waals surface area contributed by atoms with Crippen molar-refractivity contribution in [3.05, 3.63) is 35.9 Å². The Labute approximate surface area is 151 Å². The number of nitrogens with zero attached hydrogens (tertiary/aromatic N) is 2. The van der Waals surface area contributed by atoms with Gasteiger partial charge in [0.2, 0.25) is 5.91 Å². The normalized spacial score (nSPS) is 27.1. The second kappa shape index (κ2) is 7.46. The van der Waals surface area contributed by atoms with Crippen LogP contribution in [0.2, 0.25) is 0 Å². The van der Waals surface area contributed by atoms with Gasteiger partial charge < -0.3 is 14.5 Å². The van der Waals surface area contributed by atoms with Crippen molar-refractivity contribution in [2.45, 2.75) is 38.7 Å². The quantitative estimate of drug-likeness (QED) is 0.745. The predicted octanol–water partition coefficient (Wildman–Crippen LogP) is 2.93. The van der Waals surface area contributed by atoms with E-state index in [1.807, 2.05) is 6.07 Å². The molecule has 4 heteroatoms. The molecule has 1 aliphatic carbocycles. The fraction of sp³-hybridized carbons (Fsp3) is 0.667. The molecule has 1 aromatic carbocycles. The molecular weight excluding hydrogens is 312 g/mol. The number of piperidine rings is 1. The maximum atomic E-state index is 12.4. The van der Waals surface area contributed by atoms with Crippen molar-refractivity contribution in [2.24, 2.45) is 11.3 Å². The van der Waals surface area contributed by atoms with E-state index in [1.54, 1.807) is 0 Å². The van der Waals surface area contributed by atoms with Crippen LogP contribution in [0.3, 0.4) is 0 Å². The van der Waals surface area contributed by atoms with Crippen molar-refractivity contribution in [1.82, 2.24) is 9.80 Å². The molecule has 0 aromatic heterocycles. The number of likely N-dealkylation sites (tertiary alicyclic amines) is 2. The van der Waals surface area contributed by atoms with E-state index in [0.29, 0.717) is 23.8 Å². The van der Waals surface area contributed by atoms with Crippen molar-refractivity contribution in [1.29, 1.82) is 0 Å². The van der Waals surface area contributed by atoms with Gasteiger partial charge in [0.25, 0.3) is 0 Å². The lowest BCUT2D eigenvalue weighted by Crippen LogP contribution is -2.46. The maximum Gasteiger partial charge on any atom is 0.225 e. The van der Waals surface area contributed by atoms with Crippen molar-refractivity contribution >= 4 is 5.91 Å². The molecule has 1 spiro atoms. The van der Waals surface area contributed by atoms with Gasteiger partial charge in [0, 0.05) is 37.5 Å². The highest BCUT2D eigenvalue weighted by atomic mass is 16.5. The molecule has 25 heavy (non-hydrogen) atoms. The summed E-state index contributed by atoms with van der Waals surface area (Å²) in [6.07, 6.45) is 5.96. The molecular formula is C21H30N2O2. The van der Waals surface area contributed by atoms with E-state index in [1.165, 1.54) is 31.4 Å². The molecule has 0 bridgehead atoms. The van der Waals surface area contributed by atoms with Crippen LogP contribution >= 0.6 is 0 Å². The topological polar surface area (TPSA) is 32.8 Å². The van der Waals surface area contributed by atoms with Crippen LogP contribution in [0.4, 0.5) is 0 Å². The lowest BCUT2D eigenvalue weighted by Gasteiger charge is -2.40. The Kier molecular flexibility index (Phi) is 5.09. The molecule has 1 atom stereocenters. The van der Waals surface area contributed by atoms with Gasteiger partial charge in [-0.1, -0.05) is 30.3 Å². The summed E-state index contributed by atoms with van der Waals surface area (Å²) in [5, 5.41) is 0.